The van der Waals surface area contributed by atoms with Crippen molar-refractivity contribution in [3.05, 3.63) is 42.7 Å². The Morgan fingerprint density at radius 2 is 1.97 bits per heavy atom. The highest BCUT2D eigenvalue weighted by molar-refractivity contribution is 7.59. The minimum atomic E-state index is -4.13. The fourth-order valence-corrected chi connectivity index (χ4v) is 5.78. The molecule has 3 aromatic rings. The number of nitrogens with two attached hydrogens (primary N) is 1. The summed E-state index contributed by atoms with van der Waals surface area (Å²) in [5.41, 5.74) is 7.06. The van der Waals surface area contributed by atoms with Crippen LogP contribution in [0.3, 0.4) is 0 Å². The molecule has 2 unspecified atom stereocenters. The van der Waals surface area contributed by atoms with Crippen molar-refractivity contribution >= 4 is 24.9 Å². The molecule has 14 heteroatoms. The molecule has 2 fully saturated rings. The summed E-state index contributed by atoms with van der Waals surface area (Å²) >= 11 is 0. The molecule has 13 nitrogen and oxygen atoms in total. The number of nitrogen functional groups attached to an aromatic ring is 1. The van der Waals surface area contributed by atoms with Gasteiger partial charge in [0, 0.05) is 18.8 Å². The number of anilines is 1. The van der Waals surface area contributed by atoms with E-state index in [-0.39, 0.29) is 23.6 Å². The third-order valence-corrected chi connectivity index (χ3v) is 7.59. The van der Waals surface area contributed by atoms with Gasteiger partial charge in [0.2, 0.25) is 5.85 Å². The molecule has 170 valence electrons. The Hall–Kier alpha value is -2.35. The van der Waals surface area contributed by atoms with Gasteiger partial charge in [-0.1, -0.05) is 0 Å². The molecular weight excluding hydrogens is 443 g/mol. The van der Waals surface area contributed by atoms with Crippen molar-refractivity contribution in [3.63, 3.8) is 0 Å². The summed E-state index contributed by atoms with van der Waals surface area (Å²) in [6.45, 7) is 0.0679. The molecule has 0 radical (unpaired) electrons. The normalized spacial score (nSPS) is 34.1. The standard InChI is InChI=1S/C18H21N6O7P/c19-15-11-16(22-7-21-15)24(8-23-11)17-13(26)12(25)14(30-17)18(27)32(28)29-6-3-10(31-32)9-1-4-20-5-2-9/h1-2,4-5,7-8,10,12-14,17-18,25-27H,3,6H2,(H2,19,21,22)/t10-,12-,13-,14-,17+,18?,32?/m0/s1. The highest BCUT2D eigenvalue weighted by Gasteiger charge is 2.58. The van der Waals surface area contributed by atoms with Crippen LogP contribution in [0.15, 0.2) is 37.2 Å². The van der Waals surface area contributed by atoms with Crippen molar-refractivity contribution in [1.29, 1.82) is 0 Å². The van der Waals surface area contributed by atoms with Crippen LogP contribution in [0.4, 0.5) is 5.82 Å². The van der Waals surface area contributed by atoms with Crippen molar-refractivity contribution in [2.24, 2.45) is 0 Å². The summed E-state index contributed by atoms with van der Waals surface area (Å²) in [5, 5.41) is 32.1. The number of aliphatic hydroxyl groups is 3. The number of imidazole rings is 1. The number of pyridine rings is 1. The van der Waals surface area contributed by atoms with Gasteiger partial charge in [-0.25, -0.2) is 24.0 Å². The summed E-state index contributed by atoms with van der Waals surface area (Å²) in [5.74, 6) is -1.72. The number of ether oxygens (including phenoxy) is 1. The van der Waals surface area contributed by atoms with E-state index in [2.05, 4.69) is 19.9 Å². The van der Waals surface area contributed by atoms with Crippen LogP contribution in [0.5, 0.6) is 0 Å². The van der Waals surface area contributed by atoms with E-state index < -0.39 is 44.4 Å². The van der Waals surface area contributed by atoms with Gasteiger partial charge in [0.1, 0.15) is 30.2 Å². The molecule has 0 amide bonds. The van der Waals surface area contributed by atoms with E-state index in [9.17, 15) is 20.2 Å². The second-order valence-corrected chi connectivity index (χ2v) is 9.58. The molecule has 0 spiro atoms. The third-order valence-electron chi connectivity index (χ3n) is 5.56. The van der Waals surface area contributed by atoms with Crippen LogP contribution in [0.25, 0.3) is 11.2 Å². The van der Waals surface area contributed by atoms with E-state index in [4.69, 9.17) is 19.5 Å². The van der Waals surface area contributed by atoms with E-state index in [0.29, 0.717) is 6.42 Å². The van der Waals surface area contributed by atoms with Crippen LogP contribution < -0.4 is 10.6 Å². The molecule has 3 aromatic heterocycles. The lowest BCUT2D eigenvalue weighted by Gasteiger charge is -2.39. The van der Waals surface area contributed by atoms with Crippen molar-refractivity contribution in [3.8, 4) is 0 Å². The predicted molar refractivity (Wildman–Crippen MR) is 107 cm³/mol. The van der Waals surface area contributed by atoms with Crippen molar-refractivity contribution < 1.29 is 34.0 Å². The topological polar surface area (TPSA) is 194 Å². The third kappa shape index (κ3) is 3.52. The molecule has 5 N–H and O–H groups in total. The van der Waals surface area contributed by atoms with Crippen LogP contribution in [0.2, 0.25) is 0 Å². The van der Waals surface area contributed by atoms with Gasteiger partial charge in [0.25, 0.3) is 7.94 Å². The van der Waals surface area contributed by atoms with Gasteiger partial charge in [-0.2, -0.15) is 0 Å². The first-order valence-corrected chi connectivity index (χ1v) is 11.5. The molecule has 7 atom stereocenters. The highest BCUT2D eigenvalue weighted by atomic mass is 31.2. The molecule has 2 saturated heterocycles. The van der Waals surface area contributed by atoms with E-state index in [1.807, 2.05) is 0 Å². The second kappa shape index (κ2) is 8.21. The lowest BCUT2D eigenvalue weighted by Crippen LogP contribution is -2.44. The van der Waals surface area contributed by atoms with Crippen molar-refractivity contribution in [1.82, 2.24) is 24.5 Å². The lowest BCUT2D eigenvalue weighted by atomic mass is 10.1. The van der Waals surface area contributed by atoms with Crippen LogP contribution in [-0.2, 0) is 13.8 Å². The Balaban J connectivity index is 1.39. The Morgan fingerprint density at radius 1 is 1.19 bits per heavy atom. The summed E-state index contributed by atoms with van der Waals surface area (Å²) in [6, 6.07) is 3.43. The average molecular weight is 464 g/mol. The zero-order valence-electron chi connectivity index (χ0n) is 16.6. The van der Waals surface area contributed by atoms with Gasteiger partial charge in [-0.3, -0.25) is 9.55 Å². The first-order valence-electron chi connectivity index (χ1n) is 9.84. The van der Waals surface area contributed by atoms with E-state index in [0.717, 1.165) is 5.56 Å². The number of nitrogens with zero attached hydrogens (tertiary/aromatic N) is 5. The molecule has 0 bridgehead atoms. The first-order chi connectivity index (χ1) is 15.4. The van der Waals surface area contributed by atoms with Gasteiger partial charge in [0.15, 0.2) is 23.8 Å². The maximum absolute atomic E-state index is 13.4. The summed E-state index contributed by atoms with van der Waals surface area (Å²) in [6.07, 6.45) is -0.211. The number of fused-ring (bicyclic) bond motifs is 1. The Labute approximate surface area is 182 Å². The van der Waals surface area contributed by atoms with Gasteiger partial charge < -0.3 is 30.7 Å². The molecule has 2 aliphatic rings. The average Bonchev–Trinajstić information content (AvgIpc) is 3.36. The first kappa shape index (κ1) is 21.5. The SMILES string of the molecule is Nc1ncnc2c1ncn2[C@@H]1O[C@H](C(O)[P+]2([O-])OCC[C@@H](c3ccncc3)O2)[C@@H](O)[C@@H]1O. The van der Waals surface area contributed by atoms with Crippen LogP contribution in [0, 0.1) is 0 Å². The van der Waals surface area contributed by atoms with Gasteiger partial charge in [-0.05, 0) is 17.7 Å². The molecule has 0 saturated carbocycles. The Bertz CT molecular complexity index is 1110. The largest absolute Gasteiger partial charge is 0.629 e. The smallest absolute Gasteiger partial charge is 0.270 e. The van der Waals surface area contributed by atoms with E-state index >= 15 is 0 Å². The van der Waals surface area contributed by atoms with Gasteiger partial charge in [0.05, 0.1) is 12.9 Å². The minimum Gasteiger partial charge on any atom is -0.629 e. The van der Waals surface area contributed by atoms with E-state index in [1.54, 1.807) is 24.5 Å². The monoisotopic (exact) mass is 464 g/mol. The molecule has 5 heterocycles. The zero-order chi connectivity index (χ0) is 22.5. The quantitative estimate of drug-likeness (QED) is 0.346. The minimum absolute atomic E-state index is 0.0679. The number of hydrogen-bond donors (Lipinski definition) is 4. The number of aromatic nitrogens is 5. The van der Waals surface area contributed by atoms with Crippen LogP contribution in [0.1, 0.15) is 24.3 Å². The highest BCUT2D eigenvalue weighted by Crippen LogP contribution is 2.64. The summed E-state index contributed by atoms with van der Waals surface area (Å²) < 4.78 is 18.1. The van der Waals surface area contributed by atoms with Gasteiger partial charge >= 0.3 is 0 Å². The maximum atomic E-state index is 13.4. The fraction of sp³-hybridized carbons (Fsp3) is 0.444. The molecule has 5 rings (SSSR count). The fourth-order valence-electron chi connectivity index (χ4n) is 3.89. The van der Waals surface area contributed by atoms with Crippen molar-refractivity contribution in [2.45, 2.75) is 42.9 Å². The van der Waals surface area contributed by atoms with Crippen LogP contribution in [-0.4, -0.2) is 70.6 Å². The van der Waals surface area contributed by atoms with Crippen molar-refractivity contribution in [2.75, 3.05) is 12.3 Å². The Morgan fingerprint density at radius 3 is 2.75 bits per heavy atom. The zero-order valence-corrected chi connectivity index (χ0v) is 17.5. The molecule has 0 aliphatic carbocycles. The summed E-state index contributed by atoms with van der Waals surface area (Å²) in [4.78, 5) is 29.4. The Kier molecular flexibility index (Phi) is 5.51. The number of aliphatic hydroxyl groups excluding tert-OH is 3. The number of rotatable bonds is 4. The van der Waals surface area contributed by atoms with Crippen LogP contribution >= 0.6 is 7.94 Å². The van der Waals surface area contributed by atoms with E-state index in [1.165, 1.54) is 17.2 Å². The number of hydrogen-bond acceptors (Lipinski definition) is 12. The molecular formula is C18H21N6O7P. The predicted octanol–water partition coefficient (Wildman–Crippen LogP) is -0.958. The van der Waals surface area contributed by atoms with Gasteiger partial charge in [-0.15, -0.1) is 0 Å². The second-order valence-electron chi connectivity index (χ2n) is 7.51. The summed E-state index contributed by atoms with van der Waals surface area (Å²) in [7, 11) is -4.13. The molecule has 2 aliphatic heterocycles. The molecule has 0 aromatic carbocycles. The lowest BCUT2D eigenvalue weighted by molar-refractivity contribution is -0.248. The maximum Gasteiger partial charge on any atom is 0.270 e. The molecule has 32 heavy (non-hydrogen) atoms.